The second-order valence-corrected chi connectivity index (χ2v) is 10.3. The predicted molar refractivity (Wildman–Crippen MR) is 146 cm³/mol. The van der Waals surface area contributed by atoms with Gasteiger partial charge in [-0.25, -0.2) is 4.79 Å². The van der Waals surface area contributed by atoms with E-state index < -0.39 is 5.97 Å². The first-order chi connectivity index (χ1) is 17.7. The third-order valence-electron chi connectivity index (χ3n) is 6.46. The van der Waals surface area contributed by atoms with Crippen molar-refractivity contribution in [3.05, 3.63) is 69.2 Å². The molecule has 0 radical (unpaired) electrons. The summed E-state index contributed by atoms with van der Waals surface area (Å²) >= 11 is 1.75. The Morgan fingerprint density at radius 1 is 1.08 bits per heavy atom. The number of allylic oxidation sites excluding steroid dienone is 1. The Balaban J connectivity index is 1.85. The van der Waals surface area contributed by atoms with Crippen molar-refractivity contribution in [2.24, 2.45) is 0 Å². The van der Waals surface area contributed by atoms with Crippen molar-refractivity contribution >= 4 is 35.7 Å². The van der Waals surface area contributed by atoms with E-state index in [1.165, 1.54) is 17.6 Å². The van der Waals surface area contributed by atoms with Gasteiger partial charge in [-0.05, 0) is 74.9 Å². The number of hydrogen-bond donors (Lipinski definition) is 2. The maximum Gasteiger partial charge on any atom is 0.355 e. The number of hydrogen-bond acceptors (Lipinski definition) is 6. The molecule has 2 aromatic rings. The van der Waals surface area contributed by atoms with E-state index in [-0.39, 0.29) is 18.3 Å². The van der Waals surface area contributed by atoms with Crippen LogP contribution in [0.5, 0.6) is 0 Å². The number of nitrogens with one attached hydrogen (secondary N) is 2. The Hall–Kier alpha value is -3.26. The highest BCUT2D eigenvalue weighted by molar-refractivity contribution is 7.99. The van der Waals surface area contributed by atoms with Crippen molar-refractivity contribution < 1.29 is 23.9 Å². The average Bonchev–Trinajstić information content (AvgIpc) is 3.34. The largest absolute Gasteiger partial charge is 0.469 e. The molecule has 7 nitrogen and oxygen atoms in total. The predicted octanol–water partition coefficient (Wildman–Crippen LogP) is 5.66. The van der Waals surface area contributed by atoms with E-state index in [2.05, 4.69) is 41.5 Å². The summed E-state index contributed by atoms with van der Waals surface area (Å²) in [6.07, 6.45) is 4.78. The zero-order chi connectivity index (χ0) is 26.9. The van der Waals surface area contributed by atoms with Gasteiger partial charge in [0.1, 0.15) is 5.69 Å². The van der Waals surface area contributed by atoms with E-state index in [1.54, 1.807) is 11.8 Å². The minimum Gasteiger partial charge on any atom is -0.469 e. The molecule has 1 amide bonds. The van der Waals surface area contributed by atoms with Gasteiger partial charge >= 0.3 is 11.9 Å². The molecular formula is C29H36N2O5S. The molecule has 0 unspecified atom stereocenters. The molecule has 1 aliphatic rings. The fraction of sp³-hybridized carbons (Fsp3) is 0.414. The molecule has 0 saturated carbocycles. The lowest BCUT2D eigenvalue weighted by Crippen LogP contribution is -2.15. The third-order valence-corrected chi connectivity index (χ3v) is 7.47. The van der Waals surface area contributed by atoms with E-state index in [4.69, 9.17) is 9.47 Å². The van der Waals surface area contributed by atoms with Gasteiger partial charge in [0.2, 0.25) is 0 Å². The molecule has 2 heterocycles. The number of aromatic amines is 1. The summed E-state index contributed by atoms with van der Waals surface area (Å²) in [7, 11) is 1.35. The van der Waals surface area contributed by atoms with Crippen LogP contribution in [0.4, 0.5) is 0 Å². The second-order valence-electron chi connectivity index (χ2n) is 9.11. The van der Waals surface area contributed by atoms with E-state index in [9.17, 15) is 14.4 Å². The highest BCUT2D eigenvalue weighted by Crippen LogP contribution is 2.31. The molecule has 0 spiro atoms. The third kappa shape index (κ3) is 7.38. The van der Waals surface area contributed by atoms with Gasteiger partial charge in [-0.1, -0.05) is 31.0 Å². The first-order valence-electron chi connectivity index (χ1n) is 12.6. The number of rotatable bonds is 12. The molecular weight excluding hydrogens is 488 g/mol. The van der Waals surface area contributed by atoms with Gasteiger partial charge in [0.15, 0.2) is 0 Å². The molecule has 0 atom stereocenters. The van der Waals surface area contributed by atoms with Gasteiger partial charge in [-0.3, -0.25) is 9.59 Å². The van der Waals surface area contributed by atoms with Crippen LogP contribution in [0.25, 0.3) is 6.08 Å². The van der Waals surface area contributed by atoms with Crippen molar-refractivity contribution in [1.82, 2.24) is 10.3 Å². The number of thioether (sulfide) groups is 1. The number of H-pyrrole nitrogens is 1. The quantitative estimate of drug-likeness (QED) is 0.211. The topological polar surface area (TPSA) is 97.5 Å². The lowest BCUT2D eigenvalue weighted by Gasteiger charge is -2.07. The molecule has 0 aliphatic carbocycles. The number of esters is 2. The molecule has 0 fully saturated rings. The van der Waals surface area contributed by atoms with Crippen LogP contribution >= 0.6 is 11.8 Å². The Bertz CT molecular complexity index is 1210. The highest BCUT2D eigenvalue weighted by atomic mass is 32.2. The van der Waals surface area contributed by atoms with Gasteiger partial charge in [-0.15, -0.1) is 11.8 Å². The summed E-state index contributed by atoms with van der Waals surface area (Å²) in [4.78, 5) is 41.6. The summed E-state index contributed by atoms with van der Waals surface area (Å²) in [5.74, 6) is -0.0832. The Labute approximate surface area is 223 Å². The average molecular weight is 525 g/mol. The van der Waals surface area contributed by atoms with Crippen molar-refractivity contribution in [3.8, 4) is 0 Å². The van der Waals surface area contributed by atoms with Gasteiger partial charge < -0.3 is 19.8 Å². The molecule has 1 aliphatic heterocycles. The summed E-state index contributed by atoms with van der Waals surface area (Å²) in [5.41, 5.74) is 6.21. The maximum atomic E-state index is 12.9. The van der Waals surface area contributed by atoms with E-state index >= 15 is 0 Å². The maximum absolute atomic E-state index is 12.9. The Kier molecular flexibility index (Phi) is 10.2. The van der Waals surface area contributed by atoms with Crippen molar-refractivity contribution in [1.29, 1.82) is 0 Å². The summed E-state index contributed by atoms with van der Waals surface area (Å²) in [6, 6.07) is 8.40. The molecule has 3 rings (SSSR count). The highest BCUT2D eigenvalue weighted by Gasteiger charge is 2.26. The zero-order valence-electron chi connectivity index (χ0n) is 22.3. The standard InChI is InChI=1S/C29H36N2O5S/c1-6-7-15-36-29(34)27-23(12-13-26(32)35-5)19(3)24(30-27)17-25-22(20(4)28(33)31-25)14-16-37-21-10-8-18(2)9-11-21/h8-11,17,30H,6-7,12-16H2,1-5H3,(H,31,33)/b25-17-. The minimum atomic E-state index is -0.446. The lowest BCUT2D eigenvalue weighted by atomic mass is 10.0. The number of ether oxygens (including phenoxy) is 2. The summed E-state index contributed by atoms with van der Waals surface area (Å²) in [5, 5.41) is 2.97. The first-order valence-corrected chi connectivity index (χ1v) is 13.6. The van der Waals surface area contributed by atoms with Crippen LogP contribution in [0, 0.1) is 13.8 Å². The van der Waals surface area contributed by atoms with Gasteiger partial charge in [-0.2, -0.15) is 0 Å². The fourth-order valence-electron chi connectivity index (χ4n) is 4.12. The smallest absolute Gasteiger partial charge is 0.355 e. The molecule has 1 aromatic heterocycles. The number of methoxy groups -OCH3 is 1. The molecule has 8 heteroatoms. The van der Waals surface area contributed by atoms with Crippen LogP contribution in [0.2, 0.25) is 0 Å². The number of aryl methyl sites for hydroxylation is 1. The van der Waals surface area contributed by atoms with Gasteiger partial charge in [0, 0.05) is 34.0 Å². The normalized spacial score (nSPS) is 14.3. The molecule has 0 saturated heterocycles. The van der Waals surface area contributed by atoms with Crippen LogP contribution in [-0.2, 0) is 25.5 Å². The van der Waals surface area contributed by atoms with Gasteiger partial charge in [0.05, 0.1) is 13.7 Å². The summed E-state index contributed by atoms with van der Waals surface area (Å²) < 4.78 is 10.2. The number of unbranched alkanes of at least 4 members (excludes halogenated alkanes) is 1. The number of benzene rings is 1. The first kappa shape index (κ1) is 28.3. The Morgan fingerprint density at radius 2 is 1.81 bits per heavy atom. The van der Waals surface area contributed by atoms with Gasteiger partial charge in [0.25, 0.3) is 5.91 Å². The van der Waals surface area contributed by atoms with Crippen molar-refractivity contribution in [2.45, 2.75) is 64.7 Å². The second kappa shape index (κ2) is 13.3. The van der Waals surface area contributed by atoms with Crippen LogP contribution in [0.1, 0.15) is 72.4 Å². The van der Waals surface area contributed by atoms with Crippen LogP contribution in [-0.4, -0.2) is 42.3 Å². The number of amides is 1. The van der Waals surface area contributed by atoms with Crippen LogP contribution in [0.15, 0.2) is 46.0 Å². The number of carbonyl (C=O) groups is 3. The number of aromatic nitrogens is 1. The van der Waals surface area contributed by atoms with Crippen molar-refractivity contribution in [3.63, 3.8) is 0 Å². The van der Waals surface area contributed by atoms with Crippen molar-refractivity contribution in [2.75, 3.05) is 19.5 Å². The Morgan fingerprint density at radius 3 is 2.49 bits per heavy atom. The lowest BCUT2D eigenvalue weighted by molar-refractivity contribution is -0.140. The molecule has 198 valence electrons. The zero-order valence-corrected chi connectivity index (χ0v) is 23.1. The van der Waals surface area contributed by atoms with E-state index in [1.807, 2.05) is 26.8 Å². The fourth-order valence-corrected chi connectivity index (χ4v) is 4.99. The minimum absolute atomic E-state index is 0.115. The molecule has 2 N–H and O–H groups in total. The van der Waals surface area contributed by atoms with E-state index in [0.29, 0.717) is 30.0 Å². The number of carbonyl (C=O) groups excluding carboxylic acids is 3. The van der Waals surface area contributed by atoms with Crippen LogP contribution in [0.3, 0.4) is 0 Å². The van der Waals surface area contributed by atoms with E-state index in [0.717, 1.165) is 47.4 Å². The summed E-state index contributed by atoms with van der Waals surface area (Å²) in [6.45, 7) is 8.16. The van der Waals surface area contributed by atoms with Crippen LogP contribution < -0.4 is 5.32 Å². The molecule has 1 aromatic carbocycles. The monoisotopic (exact) mass is 524 g/mol. The SMILES string of the molecule is CCCCOC(=O)c1[nH]c(/C=C2\NC(=O)C(C)=C2CCSc2ccc(C)cc2)c(C)c1CCC(=O)OC. The molecule has 37 heavy (non-hydrogen) atoms. The molecule has 0 bridgehead atoms.